The van der Waals surface area contributed by atoms with Crippen molar-refractivity contribution in [2.75, 3.05) is 10.8 Å². The van der Waals surface area contributed by atoms with Crippen molar-refractivity contribution in [2.24, 2.45) is 0 Å². The van der Waals surface area contributed by atoms with E-state index < -0.39 is 28.5 Å². The first-order valence-electron chi connectivity index (χ1n) is 13.8. The first kappa shape index (κ1) is 32.1. The van der Waals surface area contributed by atoms with Gasteiger partial charge in [-0.2, -0.15) is 0 Å². The van der Waals surface area contributed by atoms with Gasteiger partial charge >= 0.3 is 0 Å². The van der Waals surface area contributed by atoms with Crippen molar-refractivity contribution >= 4 is 62.3 Å². The SMILES string of the molecule is Cc1ccc(S(=O)(=O)N(CC(=O)N(Cc2ccc(Cl)c(Cl)c2)[C@H](C)C(=O)NC2CCCC2)c2cc(Cl)ccc2C)cc1. The first-order chi connectivity index (χ1) is 19.9. The van der Waals surface area contributed by atoms with Crippen molar-refractivity contribution in [2.45, 2.75) is 70.0 Å². The summed E-state index contributed by atoms with van der Waals surface area (Å²) in [7, 11) is -4.20. The second-order valence-corrected chi connectivity index (χ2v) is 13.8. The minimum Gasteiger partial charge on any atom is -0.352 e. The fraction of sp³-hybridized carbons (Fsp3) is 0.355. The molecule has 4 rings (SSSR count). The van der Waals surface area contributed by atoms with Crippen LogP contribution in [0.3, 0.4) is 0 Å². The van der Waals surface area contributed by atoms with Gasteiger partial charge in [0.25, 0.3) is 10.0 Å². The number of hydrogen-bond donors (Lipinski definition) is 1. The zero-order chi connectivity index (χ0) is 30.6. The molecule has 0 aliphatic heterocycles. The minimum atomic E-state index is -4.20. The molecule has 0 unspecified atom stereocenters. The van der Waals surface area contributed by atoms with E-state index in [1.54, 1.807) is 56.3 Å². The number of aryl methyl sites for hydroxylation is 2. The van der Waals surface area contributed by atoms with Crippen LogP contribution in [0.2, 0.25) is 15.1 Å². The Bertz CT molecular complexity index is 1560. The Morgan fingerprint density at radius 2 is 1.60 bits per heavy atom. The molecule has 0 aromatic heterocycles. The van der Waals surface area contributed by atoms with Crippen molar-refractivity contribution in [3.05, 3.63) is 92.4 Å². The van der Waals surface area contributed by atoms with E-state index in [1.807, 2.05) is 6.92 Å². The second-order valence-electron chi connectivity index (χ2n) is 10.7. The molecule has 3 aromatic rings. The number of rotatable bonds is 10. The third-order valence-corrected chi connectivity index (χ3v) is 10.3. The van der Waals surface area contributed by atoms with Crippen LogP contribution in [0.5, 0.6) is 0 Å². The van der Waals surface area contributed by atoms with Crippen LogP contribution < -0.4 is 9.62 Å². The summed E-state index contributed by atoms with van der Waals surface area (Å²) in [5, 5.41) is 4.04. The number of nitrogens with zero attached hydrogens (tertiary/aromatic N) is 2. The molecule has 2 amide bonds. The van der Waals surface area contributed by atoms with Crippen molar-refractivity contribution in [1.82, 2.24) is 10.2 Å². The Morgan fingerprint density at radius 1 is 0.929 bits per heavy atom. The molecule has 1 saturated carbocycles. The molecular formula is C31H34Cl3N3O4S. The van der Waals surface area contributed by atoms with Crippen molar-refractivity contribution in [1.29, 1.82) is 0 Å². The van der Waals surface area contributed by atoms with E-state index in [9.17, 15) is 18.0 Å². The number of sulfonamides is 1. The maximum Gasteiger partial charge on any atom is 0.264 e. The monoisotopic (exact) mass is 649 g/mol. The highest BCUT2D eigenvalue weighted by molar-refractivity contribution is 7.92. The molecule has 42 heavy (non-hydrogen) atoms. The molecule has 1 aliphatic rings. The average Bonchev–Trinajstić information content (AvgIpc) is 3.46. The summed E-state index contributed by atoms with van der Waals surface area (Å²) in [5.41, 5.74) is 2.43. The van der Waals surface area contributed by atoms with Gasteiger partial charge in [-0.3, -0.25) is 13.9 Å². The van der Waals surface area contributed by atoms with E-state index in [0.29, 0.717) is 26.2 Å². The van der Waals surface area contributed by atoms with Crippen molar-refractivity contribution in [3.63, 3.8) is 0 Å². The van der Waals surface area contributed by atoms with Gasteiger partial charge in [0.15, 0.2) is 0 Å². The molecule has 0 saturated heterocycles. The lowest BCUT2D eigenvalue weighted by Crippen LogP contribution is -2.52. The molecule has 0 spiro atoms. The average molecular weight is 651 g/mol. The molecular weight excluding hydrogens is 617 g/mol. The second kappa shape index (κ2) is 13.7. The minimum absolute atomic E-state index is 0.0158. The lowest BCUT2D eigenvalue weighted by atomic mass is 10.1. The molecule has 1 aliphatic carbocycles. The lowest BCUT2D eigenvalue weighted by Gasteiger charge is -2.33. The Hall–Kier alpha value is -2.78. The highest BCUT2D eigenvalue weighted by Crippen LogP contribution is 2.31. The Kier molecular flexibility index (Phi) is 10.5. The lowest BCUT2D eigenvalue weighted by molar-refractivity contribution is -0.139. The molecule has 224 valence electrons. The summed E-state index contributed by atoms with van der Waals surface area (Å²) in [5.74, 6) is -0.868. The van der Waals surface area contributed by atoms with Crippen LogP contribution in [0, 0.1) is 13.8 Å². The highest BCUT2D eigenvalue weighted by Gasteiger charge is 2.34. The van der Waals surface area contributed by atoms with Crippen LogP contribution in [-0.2, 0) is 26.2 Å². The predicted molar refractivity (Wildman–Crippen MR) is 169 cm³/mol. The number of nitrogens with one attached hydrogen (secondary N) is 1. The van der Waals surface area contributed by atoms with E-state index in [4.69, 9.17) is 34.8 Å². The third kappa shape index (κ3) is 7.59. The standard InChI is InChI=1S/C31H34Cl3N3O4S/c1-20-8-13-26(14-9-20)42(40,41)37(29-17-24(32)12-10-21(29)2)19-30(38)36(18-23-11-15-27(33)28(34)16-23)22(3)31(39)35-25-6-4-5-7-25/h8-17,22,25H,4-7,18-19H2,1-3H3,(H,35,39)/t22-/m1/s1. The van der Waals surface area contributed by atoms with Gasteiger partial charge in [0.2, 0.25) is 11.8 Å². The maximum absolute atomic E-state index is 14.1. The smallest absolute Gasteiger partial charge is 0.264 e. The fourth-order valence-corrected chi connectivity index (χ4v) is 6.97. The highest BCUT2D eigenvalue weighted by atomic mass is 35.5. The van der Waals surface area contributed by atoms with Crippen LogP contribution in [0.25, 0.3) is 0 Å². The quantitative estimate of drug-likeness (QED) is 0.258. The molecule has 1 atom stereocenters. The third-order valence-electron chi connectivity index (χ3n) is 7.53. The maximum atomic E-state index is 14.1. The Morgan fingerprint density at radius 3 is 2.24 bits per heavy atom. The van der Waals surface area contributed by atoms with E-state index in [0.717, 1.165) is 35.6 Å². The Balaban J connectivity index is 1.73. The molecule has 1 fully saturated rings. The number of halogens is 3. The number of benzene rings is 3. The van der Waals surface area contributed by atoms with Crippen molar-refractivity contribution in [3.8, 4) is 0 Å². The van der Waals surface area contributed by atoms with E-state index >= 15 is 0 Å². The van der Waals surface area contributed by atoms with Crippen LogP contribution in [0.15, 0.2) is 65.6 Å². The van der Waals surface area contributed by atoms with E-state index in [-0.39, 0.29) is 29.1 Å². The molecule has 1 N–H and O–H groups in total. The van der Waals surface area contributed by atoms with Gasteiger partial charge < -0.3 is 10.2 Å². The van der Waals surface area contributed by atoms with Crippen LogP contribution >= 0.6 is 34.8 Å². The number of hydrogen-bond acceptors (Lipinski definition) is 4. The summed E-state index contributed by atoms with van der Waals surface area (Å²) in [6, 6.07) is 15.4. The first-order valence-corrected chi connectivity index (χ1v) is 16.3. The van der Waals surface area contributed by atoms with Gasteiger partial charge in [0.1, 0.15) is 12.6 Å². The van der Waals surface area contributed by atoms with Gasteiger partial charge in [-0.1, -0.05) is 77.5 Å². The van der Waals surface area contributed by atoms with Gasteiger partial charge in [-0.05, 0) is 81.1 Å². The molecule has 0 bridgehead atoms. The molecule has 0 heterocycles. The zero-order valence-corrected chi connectivity index (χ0v) is 26.8. The molecule has 11 heteroatoms. The van der Waals surface area contributed by atoms with E-state index in [2.05, 4.69) is 5.32 Å². The fourth-order valence-electron chi connectivity index (χ4n) is 5.01. The largest absolute Gasteiger partial charge is 0.352 e. The summed E-state index contributed by atoms with van der Waals surface area (Å²) < 4.78 is 29.1. The summed E-state index contributed by atoms with van der Waals surface area (Å²) >= 11 is 18.7. The normalized spacial score (nSPS) is 14.4. The van der Waals surface area contributed by atoms with Gasteiger partial charge in [-0.25, -0.2) is 8.42 Å². The topological polar surface area (TPSA) is 86.8 Å². The van der Waals surface area contributed by atoms with Gasteiger partial charge in [-0.15, -0.1) is 0 Å². The van der Waals surface area contributed by atoms with Crippen LogP contribution in [0.1, 0.15) is 49.3 Å². The number of amides is 2. The molecule has 0 radical (unpaired) electrons. The predicted octanol–water partition coefficient (Wildman–Crippen LogP) is 6.94. The number of carbonyl (C=O) groups is 2. The molecule has 7 nitrogen and oxygen atoms in total. The summed E-state index contributed by atoms with van der Waals surface area (Å²) in [6.07, 6.45) is 3.84. The zero-order valence-electron chi connectivity index (χ0n) is 23.7. The van der Waals surface area contributed by atoms with Crippen LogP contribution in [-0.4, -0.2) is 43.8 Å². The Labute approximate surface area is 262 Å². The number of carbonyl (C=O) groups excluding carboxylic acids is 2. The molecule has 3 aromatic carbocycles. The number of anilines is 1. The van der Waals surface area contributed by atoms with E-state index in [1.165, 1.54) is 23.1 Å². The van der Waals surface area contributed by atoms with Crippen molar-refractivity contribution < 1.29 is 18.0 Å². The van der Waals surface area contributed by atoms with Gasteiger partial charge in [0.05, 0.1) is 20.6 Å². The summed E-state index contributed by atoms with van der Waals surface area (Å²) in [6.45, 7) is 4.71. The van der Waals surface area contributed by atoms with Crippen LogP contribution in [0.4, 0.5) is 5.69 Å². The summed E-state index contributed by atoms with van der Waals surface area (Å²) in [4.78, 5) is 28.9. The van der Waals surface area contributed by atoms with Gasteiger partial charge in [0, 0.05) is 17.6 Å².